The quantitative estimate of drug-likeness (QED) is 0.817. The molecule has 1 amide bonds. The molecule has 0 saturated heterocycles. The first-order valence-electron chi connectivity index (χ1n) is 6.20. The number of carbonyl (C=O) groups excluding carboxylic acids is 1. The largest absolute Gasteiger partial charge is 0.482 e. The summed E-state index contributed by atoms with van der Waals surface area (Å²) < 4.78 is 54.0. The van der Waals surface area contributed by atoms with Crippen LogP contribution in [-0.4, -0.2) is 29.8 Å². The van der Waals surface area contributed by atoms with Crippen LogP contribution < -0.4 is 10.1 Å². The number of benzene rings is 1. The second-order valence-corrected chi connectivity index (χ2v) is 4.82. The zero-order chi connectivity index (χ0) is 16.5. The summed E-state index contributed by atoms with van der Waals surface area (Å²) in [5.74, 6) is -4.63. The van der Waals surface area contributed by atoms with Gasteiger partial charge in [-0.3, -0.25) is 9.59 Å². The van der Waals surface area contributed by atoms with Gasteiger partial charge in [-0.2, -0.15) is 13.2 Å². The Morgan fingerprint density at radius 1 is 1.32 bits per heavy atom. The molecule has 0 bridgehead atoms. The minimum Gasteiger partial charge on any atom is -0.482 e. The average Bonchev–Trinajstić information content (AvgIpc) is 3.18. The van der Waals surface area contributed by atoms with E-state index in [2.05, 4.69) is 10.1 Å². The van der Waals surface area contributed by atoms with E-state index in [0.717, 1.165) is 12.1 Å². The highest BCUT2D eigenvalue weighted by molar-refractivity contribution is 5.99. The lowest BCUT2D eigenvalue weighted by molar-refractivity contribution is -0.153. The van der Waals surface area contributed by atoms with Gasteiger partial charge in [0, 0.05) is 6.07 Å². The third kappa shape index (κ3) is 4.09. The summed E-state index contributed by atoms with van der Waals surface area (Å²) in [5.41, 5.74) is -0.147. The van der Waals surface area contributed by atoms with Gasteiger partial charge in [-0.15, -0.1) is 0 Å². The number of hydrogen-bond acceptors (Lipinski definition) is 3. The summed E-state index contributed by atoms with van der Waals surface area (Å²) in [7, 11) is 0. The molecule has 2 rings (SSSR count). The highest BCUT2D eigenvalue weighted by atomic mass is 19.4. The van der Waals surface area contributed by atoms with Crippen molar-refractivity contribution < 1.29 is 37.0 Å². The summed E-state index contributed by atoms with van der Waals surface area (Å²) in [6.07, 6.45) is -4.46. The van der Waals surface area contributed by atoms with Crippen molar-refractivity contribution in [1.29, 1.82) is 0 Å². The molecule has 2 unspecified atom stereocenters. The number of nitrogens with one attached hydrogen (secondary N) is 1. The Bertz CT molecular complexity index is 602. The number of amides is 1. The van der Waals surface area contributed by atoms with Gasteiger partial charge in [-0.05, 0) is 18.6 Å². The molecule has 1 aromatic carbocycles. The summed E-state index contributed by atoms with van der Waals surface area (Å²) in [4.78, 5) is 22.5. The zero-order valence-corrected chi connectivity index (χ0v) is 11.0. The van der Waals surface area contributed by atoms with Crippen molar-refractivity contribution in [2.45, 2.75) is 12.6 Å². The maximum Gasteiger partial charge on any atom is 0.422 e. The fourth-order valence-electron chi connectivity index (χ4n) is 1.86. The van der Waals surface area contributed by atoms with Crippen LogP contribution in [0.1, 0.15) is 6.42 Å². The summed E-state index contributed by atoms with van der Waals surface area (Å²) in [5, 5.41) is 11.0. The Balaban J connectivity index is 2.07. The number of hydrogen-bond donors (Lipinski definition) is 2. The summed E-state index contributed by atoms with van der Waals surface area (Å²) >= 11 is 0. The van der Waals surface area contributed by atoms with Crippen LogP contribution in [0.15, 0.2) is 18.2 Å². The van der Waals surface area contributed by atoms with Crippen LogP contribution in [-0.2, 0) is 9.59 Å². The van der Waals surface area contributed by atoms with E-state index in [-0.39, 0.29) is 12.1 Å². The molecule has 0 spiro atoms. The molecule has 2 atom stereocenters. The van der Waals surface area contributed by atoms with Crippen LogP contribution in [0.2, 0.25) is 0 Å². The van der Waals surface area contributed by atoms with Gasteiger partial charge in [-0.1, -0.05) is 0 Å². The third-order valence-corrected chi connectivity index (χ3v) is 3.04. The van der Waals surface area contributed by atoms with Gasteiger partial charge >= 0.3 is 12.1 Å². The fraction of sp³-hybridized carbons (Fsp3) is 0.385. The van der Waals surface area contributed by atoms with E-state index >= 15 is 0 Å². The van der Waals surface area contributed by atoms with Crippen molar-refractivity contribution in [2.75, 3.05) is 11.9 Å². The molecule has 5 nitrogen and oxygen atoms in total. The van der Waals surface area contributed by atoms with Gasteiger partial charge in [-0.25, -0.2) is 4.39 Å². The number of carbonyl (C=O) groups is 2. The van der Waals surface area contributed by atoms with Crippen molar-refractivity contribution in [3.8, 4) is 5.75 Å². The smallest absolute Gasteiger partial charge is 0.422 e. The number of halogens is 4. The van der Waals surface area contributed by atoms with Crippen LogP contribution in [0.3, 0.4) is 0 Å². The van der Waals surface area contributed by atoms with Crippen LogP contribution in [0, 0.1) is 17.7 Å². The standard InChI is InChI=1S/C13H11F4NO4/c14-6-1-2-9(10(3-6)22-5-13(15,16)17)18-11(19)7-4-8(7)12(20)21/h1-3,7-8H,4-5H2,(H,18,19)(H,20,21). The Morgan fingerprint density at radius 3 is 2.55 bits per heavy atom. The molecule has 0 heterocycles. The number of alkyl halides is 3. The first kappa shape index (κ1) is 16.1. The minimum atomic E-state index is -4.61. The molecule has 1 fully saturated rings. The molecular weight excluding hydrogens is 310 g/mol. The highest BCUT2D eigenvalue weighted by Gasteiger charge is 2.48. The monoisotopic (exact) mass is 321 g/mol. The van der Waals surface area contributed by atoms with Gasteiger partial charge < -0.3 is 15.2 Å². The molecule has 1 saturated carbocycles. The van der Waals surface area contributed by atoms with Crippen LogP contribution in [0.25, 0.3) is 0 Å². The number of carboxylic acid groups (broad SMARTS) is 1. The molecular formula is C13H11F4NO4. The summed E-state index contributed by atoms with van der Waals surface area (Å²) in [6.45, 7) is -1.64. The molecule has 0 radical (unpaired) electrons. The van der Waals surface area contributed by atoms with Gasteiger partial charge in [0.25, 0.3) is 0 Å². The van der Waals surface area contributed by atoms with Gasteiger partial charge in [0.05, 0.1) is 17.5 Å². The molecule has 2 N–H and O–H groups in total. The van der Waals surface area contributed by atoms with E-state index in [1.165, 1.54) is 0 Å². The Morgan fingerprint density at radius 2 is 2.00 bits per heavy atom. The lowest BCUT2D eigenvalue weighted by atomic mass is 10.2. The van der Waals surface area contributed by atoms with Gasteiger partial charge in [0.1, 0.15) is 11.6 Å². The van der Waals surface area contributed by atoms with E-state index < -0.39 is 48.1 Å². The second-order valence-electron chi connectivity index (χ2n) is 4.82. The molecule has 22 heavy (non-hydrogen) atoms. The third-order valence-electron chi connectivity index (χ3n) is 3.04. The molecule has 1 aliphatic carbocycles. The Kier molecular flexibility index (Phi) is 4.25. The van der Waals surface area contributed by atoms with E-state index in [4.69, 9.17) is 5.11 Å². The molecule has 0 aliphatic heterocycles. The Labute approximate surface area is 121 Å². The van der Waals surface area contributed by atoms with E-state index in [1.54, 1.807) is 0 Å². The maximum atomic E-state index is 13.1. The lowest BCUT2D eigenvalue weighted by Crippen LogP contribution is -2.21. The fourth-order valence-corrected chi connectivity index (χ4v) is 1.86. The van der Waals surface area contributed by atoms with Crippen molar-refractivity contribution in [3.63, 3.8) is 0 Å². The van der Waals surface area contributed by atoms with Crippen molar-refractivity contribution in [1.82, 2.24) is 0 Å². The zero-order valence-electron chi connectivity index (χ0n) is 11.0. The van der Waals surface area contributed by atoms with Crippen molar-refractivity contribution in [3.05, 3.63) is 24.0 Å². The maximum absolute atomic E-state index is 13.1. The first-order chi connectivity index (χ1) is 10.2. The molecule has 1 aromatic rings. The van der Waals surface area contributed by atoms with E-state index in [9.17, 15) is 27.2 Å². The highest BCUT2D eigenvalue weighted by Crippen LogP contribution is 2.40. The minimum absolute atomic E-state index is 0.147. The van der Waals surface area contributed by atoms with Crippen molar-refractivity contribution >= 4 is 17.6 Å². The normalized spacial score (nSPS) is 20.4. The predicted molar refractivity (Wildman–Crippen MR) is 65.8 cm³/mol. The van der Waals surface area contributed by atoms with E-state index in [0.29, 0.717) is 6.07 Å². The van der Waals surface area contributed by atoms with Crippen LogP contribution in [0.5, 0.6) is 5.75 Å². The molecule has 120 valence electrons. The number of carboxylic acids is 1. The lowest BCUT2D eigenvalue weighted by Gasteiger charge is -2.14. The molecule has 9 heteroatoms. The van der Waals surface area contributed by atoms with Gasteiger partial charge in [0.2, 0.25) is 5.91 Å². The number of aliphatic carboxylic acids is 1. The first-order valence-corrected chi connectivity index (χ1v) is 6.20. The van der Waals surface area contributed by atoms with Crippen LogP contribution >= 0.6 is 0 Å². The number of anilines is 1. The second kappa shape index (κ2) is 5.82. The molecule has 1 aliphatic rings. The SMILES string of the molecule is O=C(O)C1CC1C(=O)Nc1ccc(F)cc1OCC(F)(F)F. The topological polar surface area (TPSA) is 75.6 Å². The average molecular weight is 321 g/mol. The predicted octanol–water partition coefficient (Wildman–Crippen LogP) is 2.43. The van der Waals surface area contributed by atoms with Crippen LogP contribution in [0.4, 0.5) is 23.2 Å². The van der Waals surface area contributed by atoms with Gasteiger partial charge in [0.15, 0.2) is 6.61 Å². The number of ether oxygens (including phenoxy) is 1. The molecule has 0 aromatic heterocycles. The number of rotatable bonds is 5. The van der Waals surface area contributed by atoms with E-state index in [1.807, 2.05) is 0 Å². The summed E-state index contributed by atoms with van der Waals surface area (Å²) in [6, 6.07) is 2.71. The Hall–Kier alpha value is -2.32. The van der Waals surface area contributed by atoms with Crippen molar-refractivity contribution in [2.24, 2.45) is 11.8 Å².